The van der Waals surface area contributed by atoms with Gasteiger partial charge in [-0.05, 0) is 50.6 Å². The molecule has 2 aliphatic heterocycles. The van der Waals surface area contributed by atoms with Gasteiger partial charge in [0.15, 0.2) is 5.76 Å². The molecule has 0 bridgehead atoms. The van der Waals surface area contributed by atoms with Gasteiger partial charge in [-0.1, -0.05) is 24.6 Å². The normalized spacial score (nSPS) is 20.5. The topological polar surface area (TPSA) is 59.0 Å². The van der Waals surface area contributed by atoms with E-state index >= 15 is 0 Å². The molecule has 2 aliphatic rings. The number of allylic oxidation sites excluding steroid dienone is 1. The highest BCUT2D eigenvalue weighted by molar-refractivity contribution is 6.15. The number of phenols is 1. The van der Waals surface area contributed by atoms with Gasteiger partial charge in [-0.15, -0.1) is 0 Å². The number of para-hydroxylation sites is 1. The fourth-order valence-electron chi connectivity index (χ4n) is 3.99. The smallest absolute Gasteiger partial charge is 0.387 e. The Hall–Kier alpha value is -2.93. The summed E-state index contributed by atoms with van der Waals surface area (Å²) >= 11 is 0. The van der Waals surface area contributed by atoms with E-state index in [1.54, 1.807) is 18.2 Å². The summed E-state index contributed by atoms with van der Waals surface area (Å²) in [4.78, 5) is 15.1. The third-order valence-corrected chi connectivity index (χ3v) is 5.64. The second-order valence-electron chi connectivity index (χ2n) is 7.61. The van der Waals surface area contributed by atoms with E-state index in [2.05, 4.69) is 16.6 Å². The third-order valence-electron chi connectivity index (χ3n) is 5.64. The highest BCUT2D eigenvalue weighted by atomic mass is 19.3. The van der Waals surface area contributed by atoms with Crippen LogP contribution in [-0.2, 0) is 6.54 Å². The van der Waals surface area contributed by atoms with Crippen LogP contribution in [0.4, 0.5) is 8.78 Å². The number of halogens is 2. The predicted octanol–water partition coefficient (Wildman–Crippen LogP) is 4.98. The Morgan fingerprint density at radius 2 is 2.07 bits per heavy atom. The van der Waals surface area contributed by atoms with Crippen molar-refractivity contribution in [1.82, 2.24) is 4.90 Å². The van der Waals surface area contributed by atoms with Crippen molar-refractivity contribution in [2.75, 3.05) is 6.54 Å². The maximum Gasteiger partial charge on any atom is 0.387 e. The maximum absolute atomic E-state index is 12.9. The van der Waals surface area contributed by atoms with Gasteiger partial charge in [0.25, 0.3) is 0 Å². The average molecular weight is 415 g/mol. The molecule has 1 N–H and O–H groups in total. The monoisotopic (exact) mass is 415 g/mol. The second-order valence-corrected chi connectivity index (χ2v) is 7.61. The number of ether oxygens (including phenoxy) is 2. The first kappa shape index (κ1) is 20.3. The molecule has 158 valence electrons. The minimum atomic E-state index is -2.97. The molecule has 0 radical (unpaired) electrons. The Balaban J connectivity index is 1.66. The van der Waals surface area contributed by atoms with Gasteiger partial charge in [-0.25, -0.2) is 0 Å². The number of phenolic OH excluding ortho intramolecular Hbond substituents is 1. The zero-order valence-corrected chi connectivity index (χ0v) is 16.6. The van der Waals surface area contributed by atoms with Gasteiger partial charge < -0.3 is 14.6 Å². The van der Waals surface area contributed by atoms with Gasteiger partial charge in [-0.3, -0.25) is 9.69 Å². The molecule has 1 unspecified atom stereocenters. The van der Waals surface area contributed by atoms with E-state index in [1.165, 1.54) is 30.7 Å². The van der Waals surface area contributed by atoms with Crippen molar-refractivity contribution in [2.45, 2.75) is 45.4 Å². The van der Waals surface area contributed by atoms with Crippen LogP contribution in [0.25, 0.3) is 6.08 Å². The van der Waals surface area contributed by atoms with E-state index < -0.39 is 6.61 Å². The van der Waals surface area contributed by atoms with Crippen LogP contribution in [0.3, 0.4) is 0 Å². The fourth-order valence-corrected chi connectivity index (χ4v) is 3.99. The first-order valence-corrected chi connectivity index (χ1v) is 10.0. The summed E-state index contributed by atoms with van der Waals surface area (Å²) in [6.07, 6.45) is 4.75. The van der Waals surface area contributed by atoms with Crippen molar-refractivity contribution in [2.24, 2.45) is 0 Å². The molecule has 2 aromatic carbocycles. The summed E-state index contributed by atoms with van der Waals surface area (Å²) in [5.41, 5.74) is 1.23. The number of hydrogen-bond donors (Lipinski definition) is 1. The van der Waals surface area contributed by atoms with Crippen molar-refractivity contribution in [3.8, 4) is 17.2 Å². The van der Waals surface area contributed by atoms with E-state index in [0.29, 0.717) is 35.0 Å². The standard InChI is InChI=1S/C23H23F2NO4/c1-14-6-4-5-11-26(14)13-17-18(27)10-9-16-21(28)20(29-22(16)17)12-15-7-2-3-8-19(15)30-23(24)25/h2-3,7-10,12,14,23,27H,4-6,11,13H2,1H3/b20-12-. The Labute approximate surface area is 173 Å². The van der Waals surface area contributed by atoms with Crippen LogP contribution in [-0.4, -0.2) is 35.0 Å². The van der Waals surface area contributed by atoms with Crippen LogP contribution in [0.1, 0.15) is 47.7 Å². The quantitative estimate of drug-likeness (QED) is 0.698. The number of ketones is 1. The van der Waals surface area contributed by atoms with Gasteiger partial charge in [0.1, 0.15) is 17.2 Å². The molecule has 2 heterocycles. The number of nitrogens with zero attached hydrogens (tertiary/aromatic N) is 1. The van der Waals surface area contributed by atoms with E-state index in [-0.39, 0.29) is 23.0 Å². The van der Waals surface area contributed by atoms with Crippen LogP contribution in [0, 0.1) is 0 Å². The molecule has 0 aromatic heterocycles. The molecule has 5 nitrogen and oxygen atoms in total. The highest BCUT2D eigenvalue weighted by Crippen LogP contribution is 2.41. The van der Waals surface area contributed by atoms with E-state index in [0.717, 1.165) is 19.4 Å². The van der Waals surface area contributed by atoms with Crippen molar-refractivity contribution >= 4 is 11.9 Å². The summed E-state index contributed by atoms with van der Waals surface area (Å²) in [5, 5.41) is 10.5. The summed E-state index contributed by atoms with van der Waals surface area (Å²) < 4.78 is 35.8. The number of fused-ring (bicyclic) bond motifs is 1. The highest BCUT2D eigenvalue weighted by Gasteiger charge is 2.32. The molecule has 2 aromatic rings. The van der Waals surface area contributed by atoms with Crippen LogP contribution in [0.2, 0.25) is 0 Å². The van der Waals surface area contributed by atoms with Crippen LogP contribution in [0.15, 0.2) is 42.2 Å². The number of aromatic hydroxyl groups is 1. The Bertz CT molecular complexity index is 989. The number of benzene rings is 2. The SMILES string of the molecule is CC1CCCCN1Cc1c(O)ccc2c1O/C(=C\c1ccccc1OC(F)F)C2=O. The third kappa shape index (κ3) is 4.03. The van der Waals surface area contributed by atoms with Gasteiger partial charge in [-0.2, -0.15) is 8.78 Å². The Morgan fingerprint density at radius 1 is 1.27 bits per heavy atom. The molecule has 0 amide bonds. The molecule has 4 rings (SSSR count). The van der Waals surface area contributed by atoms with Crippen LogP contribution < -0.4 is 9.47 Å². The average Bonchev–Trinajstić information content (AvgIpc) is 3.02. The molecule has 30 heavy (non-hydrogen) atoms. The molecule has 0 saturated carbocycles. The summed E-state index contributed by atoms with van der Waals surface area (Å²) in [6, 6.07) is 9.60. The number of carbonyl (C=O) groups excluding carboxylic acids is 1. The minimum absolute atomic E-state index is 0.00820. The van der Waals surface area contributed by atoms with Gasteiger partial charge in [0.05, 0.1) is 11.1 Å². The zero-order valence-electron chi connectivity index (χ0n) is 16.6. The molecule has 1 fully saturated rings. The number of hydrogen-bond acceptors (Lipinski definition) is 5. The molecular weight excluding hydrogens is 392 g/mol. The number of piperidine rings is 1. The molecule has 7 heteroatoms. The number of carbonyl (C=O) groups is 1. The largest absolute Gasteiger partial charge is 0.507 e. The molecule has 0 spiro atoms. The number of alkyl halides is 2. The fraction of sp³-hybridized carbons (Fsp3) is 0.348. The van der Waals surface area contributed by atoms with Crippen LogP contribution >= 0.6 is 0 Å². The minimum Gasteiger partial charge on any atom is -0.507 e. The summed E-state index contributed by atoms with van der Waals surface area (Å²) in [6.45, 7) is 0.564. The van der Waals surface area contributed by atoms with Gasteiger partial charge in [0.2, 0.25) is 5.78 Å². The van der Waals surface area contributed by atoms with Crippen molar-refractivity contribution in [1.29, 1.82) is 0 Å². The van der Waals surface area contributed by atoms with Crippen molar-refractivity contribution < 1.29 is 28.2 Å². The van der Waals surface area contributed by atoms with Gasteiger partial charge in [0, 0.05) is 18.2 Å². The Morgan fingerprint density at radius 3 is 2.83 bits per heavy atom. The first-order valence-electron chi connectivity index (χ1n) is 10.0. The molecule has 1 saturated heterocycles. The predicted molar refractivity (Wildman–Crippen MR) is 108 cm³/mol. The maximum atomic E-state index is 12.9. The lowest BCUT2D eigenvalue weighted by Gasteiger charge is -2.33. The van der Waals surface area contributed by atoms with Crippen LogP contribution in [0.5, 0.6) is 17.2 Å². The lowest BCUT2D eigenvalue weighted by Crippen LogP contribution is -2.36. The van der Waals surface area contributed by atoms with Crippen molar-refractivity contribution in [3.05, 3.63) is 58.8 Å². The molecular formula is C23H23F2NO4. The summed E-state index contributed by atoms with van der Waals surface area (Å²) in [7, 11) is 0. The van der Waals surface area contributed by atoms with E-state index in [1.807, 2.05) is 0 Å². The van der Waals surface area contributed by atoms with Gasteiger partial charge >= 0.3 is 6.61 Å². The number of rotatable bonds is 5. The lowest BCUT2D eigenvalue weighted by atomic mass is 10.0. The van der Waals surface area contributed by atoms with Crippen molar-refractivity contribution in [3.63, 3.8) is 0 Å². The second kappa shape index (κ2) is 8.44. The number of likely N-dealkylation sites (tertiary alicyclic amines) is 1. The lowest BCUT2D eigenvalue weighted by molar-refractivity contribution is -0.0499. The van der Waals surface area contributed by atoms with E-state index in [4.69, 9.17) is 4.74 Å². The van der Waals surface area contributed by atoms with E-state index in [9.17, 15) is 18.7 Å². The first-order chi connectivity index (χ1) is 14.4. The Kier molecular flexibility index (Phi) is 5.72. The molecule has 0 aliphatic carbocycles. The molecule has 1 atom stereocenters. The zero-order chi connectivity index (χ0) is 21.3. The summed E-state index contributed by atoms with van der Waals surface area (Å²) in [5.74, 6) is 0.00881. The number of Topliss-reactive ketones (excluding diaryl/α,β-unsaturated/α-hetero) is 1.